The normalized spacial score (nSPS) is 20.7. The largest absolute Gasteiger partial charge is 0.350 e. The molecule has 1 saturated heterocycles. The zero-order valence-corrected chi connectivity index (χ0v) is 10.2. The van der Waals surface area contributed by atoms with Crippen LogP contribution in [0.5, 0.6) is 0 Å². The van der Waals surface area contributed by atoms with Gasteiger partial charge in [-0.3, -0.25) is 9.59 Å². The third kappa shape index (κ3) is 3.08. The topological polar surface area (TPSA) is 49.4 Å². The Morgan fingerprint density at radius 3 is 2.56 bits per heavy atom. The fourth-order valence-corrected chi connectivity index (χ4v) is 1.87. The molecular weight excluding hydrogens is 204 g/mol. The standard InChI is InChI=1S/C12H20N2O2/c1-5-10(15)14-8-6-7-9(14)11(16)13-12(2,3)4/h5,9H,1,6-8H2,2-4H3,(H,13,16)/t9-/m0/s1. The lowest BCUT2D eigenvalue weighted by Gasteiger charge is -2.27. The molecule has 0 aromatic rings. The fourth-order valence-electron chi connectivity index (χ4n) is 1.87. The number of hydrogen-bond acceptors (Lipinski definition) is 2. The Hall–Kier alpha value is -1.32. The van der Waals surface area contributed by atoms with Gasteiger partial charge in [0.2, 0.25) is 11.8 Å². The Bertz CT molecular complexity index is 305. The molecule has 90 valence electrons. The van der Waals surface area contributed by atoms with Gasteiger partial charge in [0.1, 0.15) is 6.04 Å². The molecule has 16 heavy (non-hydrogen) atoms. The summed E-state index contributed by atoms with van der Waals surface area (Å²) in [6.07, 6.45) is 2.88. The molecule has 1 rings (SSSR count). The molecule has 0 bridgehead atoms. The van der Waals surface area contributed by atoms with Crippen molar-refractivity contribution in [3.8, 4) is 0 Å². The van der Waals surface area contributed by atoms with Gasteiger partial charge in [0.05, 0.1) is 0 Å². The first-order chi connectivity index (χ1) is 7.35. The molecule has 1 fully saturated rings. The van der Waals surface area contributed by atoms with E-state index in [2.05, 4.69) is 11.9 Å². The zero-order chi connectivity index (χ0) is 12.3. The molecule has 0 aromatic carbocycles. The van der Waals surface area contributed by atoms with Gasteiger partial charge in [0, 0.05) is 12.1 Å². The van der Waals surface area contributed by atoms with Crippen molar-refractivity contribution in [2.24, 2.45) is 0 Å². The fraction of sp³-hybridized carbons (Fsp3) is 0.667. The van der Waals surface area contributed by atoms with Gasteiger partial charge in [-0.15, -0.1) is 0 Å². The molecule has 1 atom stereocenters. The first-order valence-corrected chi connectivity index (χ1v) is 5.60. The van der Waals surface area contributed by atoms with Crippen LogP contribution >= 0.6 is 0 Å². The lowest BCUT2D eigenvalue weighted by molar-refractivity contribution is -0.135. The number of rotatable bonds is 2. The molecule has 0 unspecified atom stereocenters. The smallest absolute Gasteiger partial charge is 0.246 e. The van der Waals surface area contributed by atoms with Crippen molar-refractivity contribution in [1.82, 2.24) is 10.2 Å². The summed E-state index contributed by atoms with van der Waals surface area (Å²) in [6, 6.07) is -0.329. The Labute approximate surface area is 96.7 Å². The van der Waals surface area contributed by atoms with Crippen LogP contribution in [-0.2, 0) is 9.59 Å². The number of amides is 2. The Balaban J connectivity index is 2.68. The highest BCUT2D eigenvalue weighted by molar-refractivity contribution is 5.93. The van der Waals surface area contributed by atoms with Crippen molar-refractivity contribution < 1.29 is 9.59 Å². The summed E-state index contributed by atoms with van der Waals surface area (Å²) in [6.45, 7) is 9.89. The lowest BCUT2D eigenvalue weighted by Crippen LogP contribution is -2.51. The van der Waals surface area contributed by atoms with Crippen LogP contribution in [0.1, 0.15) is 33.6 Å². The van der Waals surface area contributed by atoms with E-state index < -0.39 is 0 Å². The van der Waals surface area contributed by atoms with E-state index in [4.69, 9.17) is 0 Å². The average molecular weight is 224 g/mol. The Morgan fingerprint density at radius 1 is 1.44 bits per heavy atom. The second kappa shape index (κ2) is 4.68. The number of carbonyl (C=O) groups is 2. The van der Waals surface area contributed by atoms with E-state index >= 15 is 0 Å². The second-order valence-corrected chi connectivity index (χ2v) is 5.13. The zero-order valence-electron chi connectivity index (χ0n) is 10.2. The van der Waals surface area contributed by atoms with Gasteiger partial charge >= 0.3 is 0 Å². The molecule has 2 amide bonds. The number of hydrogen-bond donors (Lipinski definition) is 1. The predicted molar refractivity (Wildman–Crippen MR) is 62.8 cm³/mol. The second-order valence-electron chi connectivity index (χ2n) is 5.13. The monoisotopic (exact) mass is 224 g/mol. The maximum absolute atomic E-state index is 12.0. The Kier molecular flexibility index (Phi) is 3.73. The lowest BCUT2D eigenvalue weighted by atomic mass is 10.1. The molecule has 1 heterocycles. The summed E-state index contributed by atoms with van der Waals surface area (Å²) in [5.74, 6) is -0.230. The molecule has 0 saturated carbocycles. The summed E-state index contributed by atoms with van der Waals surface area (Å²) < 4.78 is 0. The third-order valence-electron chi connectivity index (χ3n) is 2.51. The molecule has 0 radical (unpaired) electrons. The molecule has 4 heteroatoms. The van der Waals surface area contributed by atoms with Crippen molar-refractivity contribution in [2.75, 3.05) is 6.54 Å². The number of nitrogens with zero attached hydrogens (tertiary/aromatic N) is 1. The van der Waals surface area contributed by atoms with Gasteiger partial charge in [0.25, 0.3) is 0 Å². The van der Waals surface area contributed by atoms with Crippen LogP contribution in [0.4, 0.5) is 0 Å². The van der Waals surface area contributed by atoms with Gasteiger partial charge in [-0.2, -0.15) is 0 Å². The van der Waals surface area contributed by atoms with Crippen molar-refractivity contribution in [1.29, 1.82) is 0 Å². The third-order valence-corrected chi connectivity index (χ3v) is 2.51. The van der Waals surface area contributed by atoms with E-state index in [1.165, 1.54) is 6.08 Å². The maximum atomic E-state index is 12.0. The molecule has 0 spiro atoms. The molecule has 0 aromatic heterocycles. The van der Waals surface area contributed by atoms with E-state index in [9.17, 15) is 9.59 Å². The molecule has 1 aliphatic rings. The van der Waals surface area contributed by atoms with Crippen molar-refractivity contribution in [3.05, 3.63) is 12.7 Å². The summed E-state index contributed by atoms with van der Waals surface area (Å²) in [5, 5.41) is 2.90. The Morgan fingerprint density at radius 2 is 2.06 bits per heavy atom. The molecule has 1 aliphatic heterocycles. The molecule has 1 N–H and O–H groups in total. The predicted octanol–water partition coefficient (Wildman–Crippen LogP) is 1.08. The summed E-state index contributed by atoms with van der Waals surface area (Å²) in [4.78, 5) is 25.1. The minimum absolute atomic E-state index is 0.0693. The van der Waals surface area contributed by atoms with E-state index in [1.807, 2.05) is 20.8 Å². The van der Waals surface area contributed by atoms with Gasteiger partial charge in [-0.1, -0.05) is 6.58 Å². The van der Waals surface area contributed by atoms with Crippen LogP contribution in [0.15, 0.2) is 12.7 Å². The van der Waals surface area contributed by atoms with E-state index in [0.29, 0.717) is 6.54 Å². The van der Waals surface area contributed by atoms with Gasteiger partial charge < -0.3 is 10.2 Å². The van der Waals surface area contributed by atoms with Crippen LogP contribution in [0.2, 0.25) is 0 Å². The van der Waals surface area contributed by atoms with E-state index in [0.717, 1.165) is 12.8 Å². The van der Waals surface area contributed by atoms with Gasteiger partial charge in [-0.05, 0) is 39.7 Å². The van der Waals surface area contributed by atoms with Gasteiger partial charge in [0.15, 0.2) is 0 Å². The quantitative estimate of drug-likeness (QED) is 0.713. The van der Waals surface area contributed by atoms with Crippen LogP contribution in [0, 0.1) is 0 Å². The highest BCUT2D eigenvalue weighted by Gasteiger charge is 2.34. The summed E-state index contributed by atoms with van der Waals surface area (Å²) in [5.41, 5.74) is -0.261. The van der Waals surface area contributed by atoms with E-state index in [1.54, 1.807) is 4.90 Å². The van der Waals surface area contributed by atoms with Crippen LogP contribution in [0.3, 0.4) is 0 Å². The highest BCUT2D eigenvalue weighted by atomic mass is 16.2. The summed E-state index contributed by atoms with van der Waals surface area (Å²) >= 11 is 0. The molecule has 4 nitrogen and oxygen atoms in total. The number of nitrogens with one attached hydrogen (secondary N) is 1. The van der Waals surface area contributed by atoms with Crippen molar-refractivity contribution in [2.45, 2.75) is 45.2 Å². The maximum Gasteiger partial charge on any atom is 0.246 e. The number of likely N-dealkylation sites (tertiary alicyclic amines) is 1. The molecular formula is C12H20N2O2. The minimum Gasteiger partial charge on any atom is -0.350 e. The highest BCUT2D eigenvalue weighted by Crippen LogP contribution is 2.18. The average Bonchev–Trinajstić information content (AvgIpc) is 2.62. The molecule has 0 aliphatic carbocycles. The van der Waals surface area contributed by atoms with E-state index in [-0.39, 0.29) is 23.4 Å². The van der Waals surface area contributed by atoms with Gasteiger partial charge in [-0.25, -0.2) is 0 Å². The number of carbonyl (C=O) groups excluding carboxylic acids is 2. The van der Waals surface area contributed by atoms with Crippen molar-refractivity contribution >= 4 is 11.8 Å². The SMILES string of the molecule is C=CC(=O)N1CCC[C@H]1C(=O)NC(C)(C)C. The minimum atomic E-state index is -0.329. The van der Waals surface area contributed by atoms with Crippen LogP contribution in [-0.4, -0.2) is 34.8 Å². The van der Waals surface area contributed by atoms with Crippen LogP contribution < -0.4 is 5.32 Å². The van der Waals surface area contributed by atoms with Crippen LogP contribution in [0.25, 0.3) is 0 Å². The first-order valence-electron chi connectivity index (χ1n) is 5.60. The summed E-state index contributed by atoms with van der Waals surface area (Å²) in [7, 11) is 0. The first kappa shape index (κ1) is 12.7. The van der Waals surface area contributed by atoms with Crippen molar-refractivity contribution in [3.63, 3.8) is 0 Å².